The van der Waals surface area contributed by atoms with Gasteiger partial charge in [0.25, 0.3) is 0 Å². The predicted molar refractivity (Wildman–Crippen MR) is 118 cm³/mol. The van der Waals surface area contributed by atoms with Crippen LogP contribution < -0.4 is 10.2 Å². The quantitative estimate of drug-likeness (QED) is 0.661. The molecule has 1 N–H and O–H groups in total. The minimum atomic E-state index is 0.108. The number of carbonyl (C=O) groups excluding carboxylic acids is 1. The van der Waals surface area contributed by atoms with Gasteiger partial charge in [-0.05, 0) is 51.0 Å². The van der Waals surface area contributed by atoms with Crippen molar-refractivity contribution in [2.24, 2.45) is 5.92 Å². The molecule has 1 aliphatic rings. The van der Waals surface area contributed by atoms with Gasteiger partial charge in [0, 0.05) is 31.1 Å². The number of benzene rings is 1. The number of carbonyl (C=O) groups is 1. The molecule has 0 spiro atoms. The standard InChI is InChI=1S/C23H33N5O/c1-3-27(4-2)16-8-15-24-23(29)20-13-17-28(18-14-20)22-12-11-21(25-26-22)19-9-6-5-7-10-19/h5-7,9-12,20H,3-4,8,13-18H2,1-2H3,(H,24,29). The third kappa shape index (κ3) is 6.00. The SMILES string of the molecule is CCN(CC)CCCNC(=O)C1CCN(c2ccc(-c3ccccc3)nn2)CC1. The average Bonchev–Trinajstić information content (AvgIpc) is 2.80. The highest BCUT2D eigenvalue weighted by molar-refractivity contribution is 5.78. The second-order valence-corrected chi connectivity index (χ2v) is 7.58. The normalized spacial score (nSPS) is 14.9. The van der Waals surface area contributed by atoms with Gasteiger partial charge in [-0.15, -0.1) is 10.2 Å². The van der Waals surface area contributed by atoms with Crippen molar-refractivity contribution < 1.29 is 4.79 Å². The van der Waals surface area contributed by atoms with E-state index in [-0.39, 0.29) is 11.8 Å². The summed E-state index contributed by atoms with van der Waals surface area (Å²) in [5.74, 6) is 1.20. The molecule has 0 saturated carbocycles. The second-order valence-electron chi connectivity index (χ2n) is 7.58. The second kappa shape index (κ2) is 10.9. The van der Waals surface area contributed by atoms with Crippen molar-refractivity contribution in [1.82, 2.24) is 20.4 Å². The number of piperidine rings is 1. The Kier molecular flexibility index (Phi) is 7.99. The molecule has 156 valence electrons. The lowest BCUT2D eigenvalue weighted by Crippen LogP contribution is -2.41. The molecule has 1 aromatic carbocycles. The van der Waals surface area contributed by atoms with Crippen LogP contribution in [-0.4, -0.2) is 60.3 Å². The highest BCUT2D eigenvalue weighted by atomic mass is 16.1. The van der Waals surface area contributed by atoms with E-state index in [2.05, 4.69) is 39.2 Å². The number of anilines is 1. The van der Waals surface area contributed by atoms with Crippen molar-refractivity contribution in [2.45, 2.75) is 33.1 Å². The minimum absolute atomic E-state index is 0.108. The lowest BCUT2D eigenvalue weighted by atomic mass is 9.96. The summed E-state index contributed by atoms with van der Waals surface area (Å²) >= 11 is 0. The van der Waals surface area contributed by atoms with Crippen molar-refractivity contribution in [2.75, 3.05) is 44.2 Å². The zero-order valence-corrected chi connectivity index (χ0v) is 17.7. The summed E-state index contributed by atoms with van der Waals surface area (Å²) < 4.78 is 0. The summed E-state index contributed by atoms with van der Waals surface area (Å²) in [4.78, 5) is 17.1. The van der Waals surface area contributed by atoms with Gasteiger partial charge in [-0.1, -0.05) is 44.2 Å². The van der Waals surface area contributed by atoms with Crippen LogP contribution in [0.2, 0.25) is 0 Å². The Bertz CT molecular complexity index is 738. The summed E-state index contributed by atoms with van der Waals surface area (Å²) in [7, 11) is 0. The van der Waals surface area contributed by atoms with Gasteiger partial charge in [0.2, 0.25) is 5.91 Å². The Balaban J connectivity index is 1.42. The molecular formula is C23H33N5O. The lowest BCUT2D eigenvalue weighted by molar-refractivity contribution is -0.125. The topological polar surface area (TPSA) is 61.4 Å². The van der Waals surface area contributed by atoms with Crippen molar-refractivity contribution in [3.8, 4) is 11.3 Å². The van der Waals surface area contributed by atoms with Gasteiger partial charge in [-0.3, -0.25) is 4.79 Å². The first kappa shape index (κ1) is 21.2. The molecule has 1 amide bonds. The molecule has 3 rings (SSSR count). The Morgan fingerprint density at radius 2 is 1.79 bits per heavy atom. The molecule has 1 aliphatic heterocycles. The lowest BCUT2D eigenvalue weighted by Gasteiger charge is -2.31. The van der Waals surface area contributed by atoms with Gasteiger partial charge < -0.3 is 15.1 Å². The Labute approximate surface area is 174 Å². The van der Waals surface area contributed by atoms with Gasteiger partial charge in [0.1, 0.15) is 0 Å². The molecular weight excluding hydrogens is 362 g/mol. The molecule has 0 bridgehead atoms. The summed E-state index contributed by atoms with van der Waals surface area (Å²) in [5.41, 5.74) is 1.95. The molecule has 29 heavy (non-hydrogen) atoms. The molecule has 2 heterocycles. The van der Waals surface area contributed by atoms with E-state index in [9.17, 15) is 4.79 Å². The van der Waals surface area contributed by atoms with Crippen LogP contribution in [0.15, 0.2) is 42.5 Å². The van der Waals surface area contributed by atoms with Crippen LogP contribution in [0.3, 0.4) is 0 Å². The van der Waals surface area contributed by atoms with Crippen LogP contribution in [0.4, 0.5) is 5.82 Å². The highest BCUT2D eigenvalue weighted by Gasteiger charge is 2.25. The number of rotatable bonds is 9. The number of aromatic nitrogens is 2. The number of nitrogens with one attached hydrogen (secondary N) is 1. The molecule has 6 nitrogen and oxygen atoms in total. The summed E-state index contributed by atoms with van der Waals surface area (Å²) in [6, 6.07) is 14.1. The molecule has 0 radical (unpaired) electrons. The van der Waals surface area contributed by atoms with E-state index < -0.39 is 0 Å². The average molecular weight is 396 g/mol. The van der Waals surface area contributed by atoms with Crippen molar-refractivity contribution in [3.05, 3.63) is 42.5 Å². The van der Waals surface area contributed by atoms with Gasteiger partial charge in [0.15, 0.2) is 5.82 Å². The molecule has 0 unspecified atom stereocenters. The Morgan fingerprint density at radius 3 is 2.41 bits per heavy atom. The van der Waals surface area contributed by atoms with Crippen LogP contribution in [0.25, 0.3) is 11.3 Å². The first-order valence-electron chi connectivity index (χ1n) is 10.9. The number of nitrogens with zero attached hydrogens (tertiary/aromatic N) is 4. The maximum Gasteiger partial charge on any atom is 0.223 e. The molecule has 0 aliphatic carbocycles. The van der Waals surface area contributed by atoms with E-state index in [1.807, 2.05) is 42.5 Å². The number of hydrogen-bond donors (Lipinski definition) is 1. The fourth-order valence-electron chi connectivity index (χ4n) is 3.83. The fraction of sp³-hybridized carbons (Fsp3) is 0.522. The Hall–Kier alpha value is -2.47. The monoisotopic (exact) mass is 395 g/mol. The van der Waals surface area contributed by atoms with Gasteiger partial charge in [-0.2, -0.15) is 0 Å². The smallest absolute Gasteiger partial charge is 0.223 e. The molecule has 1 aromatic heterocycles. The molecule has 2 aromatic rings. The van der Waals surface area contributed by atoms with E-state index in [4.69, 9.17) is 0 Å². The van der Waals surface area contributed by atoms with E-state index in [1.54, 1.807) is 0 Å². The summed E-state index contributed by atoms with van der Waals surface area (Å²) in [5, 5.41) is 11.9. The van der Waals surface area contributed by atoms with Gasteiger partial charge in [0.05, 0.1) is 5.69 Å². The van der Waals surface area contributed by atoms with Crippen LogP contribution in [0, 0.1) is 5.92 Å². The van der Waals surface area contributed by atoms with Gasteiger partial charge in [-0.25, -0.2) is 0 Å². The zero-order valence-electron chi connectivity index (χ0n) is 17.7. The molecule has 1 fully saturated rings. The first-order chi connectivity index (χ1) is 14.2. The maximum atomic E-state index is 12.5. The Morgan fingerprint density at radius 1 is 1.07 bits per heavy atom. The minimum Gasteiger partial charge on any atom is -0.356 e. The van der Waals surface area contributed by atoms with Crippen molar-refractivity contribution in [3.63, 3.8) is 0 Å². The summed E-state index contributed by atoms with van der Waals surface area (Å²) in [6.45, 7) is 9.99. The van der Waals surface area contributed by atoms with E-state index in [1.165, 1.54) is 0 Å². The predicted octanol–water partition coefficient (Wildman–Crippen LogP) is 3.21. The fourth-order valence-corrected chi connectivity index (χ4v) is 3.83. The summed E-state index contributed by atoms with van der Waals surface area (Å²) in [6.07, 6.45) is 2.74. The van der Waals surface area contributed by atoms with Crippen molar-refractivity contribution >= 4 is 11.7 Å². The molecule has 0 atom stereocenters. The molecule has 6 heteroatoms. The van der Waals surface area contributed by atoms with Crippen LogP contribution in [-0.2, 0) is 4.79 Å². The van der Waals surface area contributed by atoms with E-state index in [0.717, 1.165) is 75.6 Å². The van der Waals surface area contributed by atoms with Crippen LogP contribution in [0.5, 0.6) is 0 Å². The van der Waals surface area contributed by atoms with E-state index >= 15 is 0 Å². The highest BCUT2D eigenvalue weighted by Crippen LogP contribution is 2.23. The van der Waals surface area contributed by atoms with Crippen LogP contribution in [0.1, 0.15) is 33.1 Å². The third-order valence-electron chi connectivity index (χ3n) is 5.75. The molecule has 1 saturated heterocycles. The number of hydrogen-bond acceptors (Lipinski definition) is 5. The first-order valence-corrected chi connectivity index (χ1v) is 10.9. The van der Waals surface area contributed by atoms with Crippen LogP contribution >= 0.6 is 0 Å². The van der Waals surface area contributed by atoms with Crippen molar-refractivity contribution in [1.29, 1.82) is 0 Å². The zero-order chi connectivity index (χ0) is 20.5. The number of amides is 1. The third-order valence-corrected chi connectivity index (χ3v) is 5.75. The van der Waals surface area contributed by atoms with Gasteiger partial charge >= 0.3 is 0 Å². The van der Waals surface area contributed by atoms with E-state index in [0.29, 0.717) is 0 Å². The maximum absolute atomic E-state index is 12.5. The largest absolute Gasteiger partial charge is 0.356 e.